The van der Waals surface area contributed by atoms with E-state index in [4.69, 9.17) is 9.84 Å². The number of carboxylic acid groups (broad SMARTS) is 1. The monoisotopic (exact) mass is 188 g/mol. The molecule has 4 nitrogen and oxygen atoms in total. The fraction of sp³-hybridized carbons (Fsp3) is 0.889. The van der Waals surface area contributed by atoms with E-state index in [1.807, 2.05) is 0 Å². The average molecular weight is 188 g/mol. The van der Waals surface area contributed by atoms with E-state index in [-0.39, 0.29) is 11.8 Å². The molecule has 1 heterocycles. The molecule has 76 valence electrons. The summed E-state index contributed by atoms with van der Waals surface area (Å²) in [5.74, 6) is -1.27. The molecular formula is C9H16O4. The van der Waals surface area contributed by atoms with Crippen molar-refractivity contribution in [3.8, 4) is 0 Å². The van der Waals surface area contributed by atoms with Crippen LogP contribution in [0.2, 0.25) is 0 Å². The van der Waals surface area contributed by atoms with Gasteiger partial charge in [0.2, 0.25) is 0 Å². The largest absolute Gasteiger partial charge is 0.479 e. The highest BCUT2D eigenvalue weighted by Crippen LogP contribution is 2.30. The second kappa shape index (κ2) is 3.64. The molecule has 0 radical (unpaired) electrons. The van der Waals surface area contributed by atoms with Gasteiger partial charge in [-0.2, -0.15) is 0 Å². The Balaban J connectivity index is 2.64. The van der Waals surface area contributed by atoms with Gasteiger partial charge in [-0.3, -0.25) is 0 Å². The Bertz CT molecular complexity index is 194. The van der Waals surface area contributed by atoms with Gasteiger partial charge in [0.1, 0.15) is 0 Å². The zero-order valence-corrected chi connectivity index (χ0v) is 7.99. The third-order valence-electron chi connectivity index (χ3n) is 2.99. The van der Waals surface area contributed by atoms with Gasteiger partial charge in [0.15, 0.2) is 5.60 Å². The molecule has 0 amide bonds. The Kier molecular flexibility index (Phi) is 2.93. The lowest BCUT2D eigenvalue weighted by Gasteiger charge is -2.29. The van der Waals surface area contributed by atoms with Crippen molar-refractivity contribution >= 4 is 5.97 Å². The van der Waals surface area contributed by atoms with Crippen LogP contribution in [0.4, 0.5) is 0 Å². The maximum absolute atomic E-state index is 10.7. The van der Waals surface area contributed by atoms with Crippen molar-refractivity contribution in [1.29, 1.82) is 0 Å². The van der Waals surface area contributed by atoms with Crippen LogP contribution in [0.5, 0.6) is 0 Å². The molecule has 3 atom stereocenters. The van der Waals surface area contributed by atoms with E-state index in [1.54, 1.807) is 6.92 Å². The van der Waals surface area contributed by atoms with Gasteiger partial charge in [-0.05, 0) is 19.3 Å². The minimum absolute atomic E-state index is 0.158. The molecule has 0 spiro atoms. The van der Waals surface area contributed by atoms with Crippen LogP contribution in [0, 0.1) is 11.8 Å². The summed E-state index contributed by atoms with van der Waals surface area (Å²) in [6.07, 6.45) is 0.838. The van der Waals surface area contributed by atoms with Gasteiger partial charge >= 0.3 is 5.97 Å². The summed E-state index contributed by atoms with van der Waals surface area (Å²) in [5.41, 5.74) is -1.64. The molecule has 1 aliphatic rings. The summed E-state index contributed by atoms with van der Waals surface area (Å²) in [4.78, 5) is 10.7. The van der Waals surface area contributed by atoms with E-state index in [0.29, 0.717) is 13.2 Å². The van der Waals surface area contributed by atoms with Crippen LogP contribution in [0.15, 0.2) is 0 Å². The maximum atomic E-state index is 10.7. The molecule has 13 heavy (non-hydrogen) atoms. The zero-order valence-electron chi connectivity index (χ0n) is 7.99. The molecule has 1 rings (SSSR count). The molecule has 0 aromatic rings. The number of rotatable bonds is 3. The molecule has 0 saturated carbocycles. The van der Waals surface area contributed by atoms with Crippen LogP contribution in [0.25, 0.3) is 0 Å². The lowest BCUT2D eigenvalue weighted by Crippen LogP contribution is -2.45. The quantitative estimate of drug-likeness (QED) is 0.676. The first kappa shape index (κ1) is 10.5. The summed E-state index contributed by atoms with van der Waals surface area (Å²) in [7, 11) is 0. The van der Waals surface area contributed by atoms with Gasteiger partial charge in [-0.1, -0.05) is 6.92 Å². The van der Waals surface area contributed by atoms with Gasteiger partial charge in [0.05, 0.1) is 0 Å². The predicted octanol–water partition coefficient (Wildman–Crippen LogP) is 0.495. The highest BCUT2D eigenvalue weighted by molar-refractivity contribution is 5.76. The fourth-order valence-electron chi connectivity index (χ4n) is 1.60. The van der Waals surface area contributed by atoms with Crippen LogP contribution in [0.1, 0.15) is 20.3 Å². The van der Waals surface area contributed by atoms with Crippen LogP contribution >= 0.6 is 0 Å². The van der Waals surface area contributed by atoms with E-state index in [2.05, 4.69) is 0 Å². The number of hydrogen-bond acceptors (Lipinski definition) is 3. The Labute approximate surface area is 77.5 Å². The van der Waals surface area contributed by atoms with E-state index in [1.165, 1.54) is 6.92 Å². The molecule has 0 aromatic heterocycles. The first-order valence-electron chi connectivity index (χ1n) is 4.49. The summed E-state index contributed by atoms with van der Waals surface area (Å²) < 4.78 is 5.15. The molecule has 1 saturated heterocycles. The summed E-state index contributed by atoms with van der Waals surface area (Å²) in [5, 5.41) is 18.4. The first-order valence-corrected chi connectivity index (χ1v) is 4.49. The van der Waals surface area contributed by atoms with Gasteiger partial charge in [0.25, 0.3) is 0 Å². The van der Waals surface area contributed by atoms with E-state index >= 15 is 0 Å². The Morgan fingerprint density at radius 3 is 2.69 bits per heavy atom. The number of ether oxygens (including phenoxy) is 1. The van der Waals surface area contributed by atoms with Crippen molar-refractivity contribution in [1.82, 2.24) is 0 Å². The van der Waals surface area contributed by atoms with Crippen molar-refractivity contribution in [2.75, 3.05) is 13.2 Å². The van der Waals surface area contributed by atoms with E-state index < -0.39 is 11.6 Å². The zero-order chi connectivity index (χ0) is 10.1. The SMILES string of the molecule is CC(C1CCOC1)C(C)(O)C(=O)O. The van der Waals surface area contributed by atoms with Crippen molar-refractivity contribution in [3.05, 3.63) is 0 Å². The number of aliphatic hydroxyl groups is 1. The minimum Gasteiger partial charge on any atom is -0.479 e. The van der Waals surface area contributed by atoms with E-state index in [0.717, 1.165) is 6.42 Å². The molecule has 0 aromatic carbocycles. The predicted molar refractivity (Wildman–Crippen MR) is 46.3 cm³/mol. The van der Waals surface area contributed by atoms with Crippen LogP contribution in [0.3, 0.4) is 0 Å². The highest BCUT2D eigenvalue weighted by Gasteiger charge is 2.41. The highest BCUT2D eigenvalue weighted by atomic mass is 16.5. The Morgan fingerprint density at radius 1 is 1.69 bits per heavy atom. The van der Waals surface area contributed by atoms with Crippen LogP contribution in [-0.4, -0.2) is 35.0 Å². The van der Waals surface area contributed by atoms with E-state index in [9.17, 15) is 9.90 Å². The third-order valence-corrected chi connectivity index (χ3v) is 2.99. The van der Waals surface area contributed by atoms with Gasteiger partial charge in [-0.25, -0.2) is 4.79 Å². The minimum atomic E-state index is -1.64. The molecule has 4 heteroatoms. The first-order chi connectivity index (χ1) is 5.96. The number of hydrogen-bond donors (Lipinski definition) is 2. The lowest BCUT2D eigenvalue weighted by molar-refractivity contribution is -0.164. The fourth-order valence-corrected chi connectivity index (χ4v) is 1.60. The van der Waals surface area contributed by atoms with Crippen molar-refractivity contribution < 1.29 is 19.7 Å². The lowest BCUT2D eigenvalue weighted by atomic mass is 9.80. The smallest absolute Gasteiger partial charge is 0.335 e. The standard InChI is InChI=1S/C9H16O4/c1-6(7-3-4-13-5-7)9(2,12)8(10)11/h6-7,12H,3-5H2,1-2H3,(H,10,11). The second-order valence-corrected chi connectivity index (χ2v) is 3.87. The second-order valence-electron chi connectivity index (χ2n) is 3.87. The normalized spacial score (nSPS) is 29.6. The molecule has 1 aliphatic heterocycles. The summed E-state index contributed by atoms with van der Waals surface area (Å²) in [6.45, 7) is 4.33. The van der Waals surface area contributed by atoms with Crippen molar-refractivity contribution in [2.24, 2.45) is 11.8 Å². The Morgan fingerprint density at radius 2 is 2.31 bits per heavy atom. The molecular weight excluding hydrogens is 172 g/mol. The molecule has 3 unspecified atom stereocenters. The average Bonchev–Trinajstić information content (AvgIpc) is 2.54. The number of carboxylic acids is 1. The molecule has 0 aliphatic carbocycles. The van der Waals surface area contributed by atoms with Crippen LogP contribution in [-0.2, 0) is 9.53 Å². The molecule has 0 bridgehead atoms. The molecule has 2 N–H and O–H groups in total. The van der Waals surface area contributed by atoms with Gasteiger partial charge in [0, 0.05) is 19.1 Å². The summed E-state index contributed by atoms with van der Waals surface area (Å²) in [6, 6.07) is 0. The van der Waals surface area contributed by atoms with Crippen LogP contribution < -0.4 is 0 Å². The number of aliphatic carboxylic acids is 1. The summed E-state index contributed by atoms with van der Waals surface area (Å²) >= 11 is 0. The topological polar surface area (TPSA) is 66.8 Å². The van der Waals surface area contributed by atoms with Crippen molar-refractivity contribution in [2.45, 2.75) is 25.9 Å². The molecule has 1 fully saturated rings. The van der Waals surface area contributed by atoms with Crippen molar-refractivity contribution in [3.63, 3.8) is 0 Å². The number of carbonyl (C=O) groups is 1. The maximum Gasteiger partial charge on any atom is 0.335 e. The van der Waals surface area contributed by atoms with Gasteiger partial charge in [-0.15, -0.1) is 0 Å². The third kappa shape index (κ3) is 2.00. The van der Waals surface area contributed by atoms with Gasteiger partial charge < -0.3 is 14.9 Å². The Hall–Kier alpha value is -0.610.